The summed E-state index contributed by atoms with van der Waals surface area (Å²) in [5.74, 6) is -2.49. The molecule has 0 radical (unpaired) electrons. The molecule has 25 heavy (non-hydrogen) atoms. The fourth-order valence-electron chi connectivity index (χ4n) is 2.04. The maximum absolute atomic E-state index is 12.6. The number of aromatic nitrogens is 1. The van der Waals surface area contributed by atoms with E-state index in [1.54, 1.807) is 0 Å². The maximum atomic E-state index is 12.6. The molecule has 0 saturated carbocycles. The third kappa shape index (κ3) is 6.69. The van der Waals surface area contributed by atoms with Crippen molar-refractivity contribution in [1.29, 1.82) is 0 Å². The number of carboxylic acids is 1. The van der Waals surface area contributed by atoms with Gasteiger partial charge in [-0.2, -0.15) is 13.2 Å². The van der Waals surface area contributed by atoms with Crippen LogP contribution in [-0.4, -0.2) is 53.2 Å². The van der Waals surface area contributed by atoms with Gasteiger partial charge in [0.1, 0.15) is 5.69 Å². The van der Waals surface area contributed by atoms with Gasteiger partial charge in [0.05, 0.1) is 11.5 Å². The molecule has 0 aliphatic rings. The van der Waals surface area contributed by atoms with Gasteiger partial charge in [-0.15, -0.1) is 0 Å². The van der Waals surface area contributed by atoms with Crippen LogP contribution in [0.3, 0.4) is 0 Å². The van der Waals surface area contributed by atoms with Crippen molar-refractivity contribution in [3.8, 4) is 0 Å². The summed E-state index contributed by atoms with van der Waals surface area (Å²) in [5.41, 5.74) is -1.12. The number of hydrogen-bond donors (Lipinski definition) is 1. The molecule has 1 amide bonds. The van der Waals surface area contributed by atoms with Crippen molar-refractivity contribution < 1.29 is 32.6 Å². The molecule has 1 aromatic rings. The normalized spacial score (nSPS) is 12.7. The van der Waals surface area contributed by atoms with E-state index in [2.05, 4.69) is 4.98 Å². The lowest BCUT2D eigenvalue weighted by molar-refractivity contribution is -0.141. The second kappa shape index (κ2) is 9.36. The number of nitrogens with zero attached hydrogens (tertiary/aromatic N) is 2. The van der Waals surface area contributed by atoms with E-state index in [1.807, 2.05) is 6.92 Å². The van der Waals surface area contributed by atoms with E-state index in [-0.39, 0.29) is 18.8 Å². The number of amides is 1. The van der Waals surface area contributed by atoms with Crippen LogP contribution in [0.1, 0.15) is 36.3 Å². The van der Waals surface area contributed by atoms with Crippen molar-refractivity contribution in [2.45, 2.75) is 26.4 Å². The zero-order valence-electron chi connectivity index (χ0n) is 14.0. The van der Waals surface area contributed by atoms with Crippen molar-refractivity contribution in [1.82, 2.24) is 9.88 Å². The van der Waals surface area contributed by atoms with Crippen LogP contribution in [0.5, 0.6) is 0 Å². The first kappa shape index (κ1) is 20.9. The second-order valence-corrected chi connectivity index (χ2v) is 5.47. The molecule has 0 bridgehead atoms. The molecule has 1 aromatic heterocycles. The zero-order chi connectivity index (χ0) is 19.0. The van der Waals surface area contributed by atoms with Gasteiger partial charge in [-0.25, -0.2) is 0 Å². The molecule has 9 heteroatoms. The molecular formula is C16H21F3N2O4. The van der Waals surface area contributed by atoms with Crippen molar-refractivity contribution in [3.05, 3.63) is 29.6 Å². The van der Waals surface area contributed by atoms with Gasteiger partial charge in [-0.1, -0.05) is 6.92 Å². The zero-order valence-corrected chi connectivity index (χ0v) is 14.0. The molecule has 1 unspecified atom stereocenters. The summed E-state index contributed by atoms with van der Waals surface area (Å²) in [6, 6.07) is 1.77. The number of carboxylic acid groups (broad SMARTS) is 1. The number of aliphatic carboxylic acids is 1. The van der Waals surface area contributed by atoms with E-state index in [0.29, 0.717) is 25.8 Å². The first-order chi connectivity index (χ1) is 11.7. The molecule has 0 spiro atoms. The summed E-state index contributed by atoms with van der Waals surface area (Å²) in [7, 11) is 0. The van der Waals surface area contributed by atoms with Crippen LogP contribution in [0.25, 0.3) is 0 Å². The first-order valence-corrected chi connectivity index (χ1v) is 7.79. The number of alkyl halides is 3. The fourth-order valence-corrected chi connectivity index (χ4v) is 2.04. The SMILES string of the molecule is CCOCCCN(CC(C)C(=O)O)C(=O)c1ccc(C(F)(F)F)cn1. The molecule has 140 valence electrons. The summed E-state index contributed by atoms with van der Waals surface area (Å²) < 4.78 is 42.9. The molecule has 1 heterocycles. The van der Waals surface area contributed by atoms with Gasteiger partial charge < -0.3 is 14.7 Å². The predicted molar refractivity (Wildman–Crippen MR) is 83.1 cm³/mol. The molecule has 0 aromatic carbocycles. The van der Waals surface area contributed by atoms with Gasteiger partial charge in [-0.05, 0) is 25.5 Å². The minimum atomic E-state index is -4.54. The van der Waals surface area contributed by atoms with Gasteiger partial charge in [0.25, 0.3) is 5.91 Å². The van der Waals surface area contributed by atoms with Gasteiger partial charge in [-0.3, -0.25) is 14.6 Å². The summed E-state index contributed by atoms with van der Waals surface area (Å²) in [6.45, 7) is 4.33. The summed E-state index contributed by atoms with van der Waals surface area (Å²) in [6.07, 6.45) is -3.47. The van der Waals surface area contributed by atoms with Crippen molar-refractivity contribution in [2.24, 2.45) is 5.92 Å². The van der Waals surface area contributed by atoms with Crippen LogP contribution >= 0.6 is 0 Å². The first-order valence-electron chi connectivity index (χ1n) is 7.79. The quantitative estimate of drug-likeness (QED) is 0.683. The van der Waals surface area contributed by atoms with Crippen LogP contribution in [0.4, 0.5) is 13.2 Å². The van der Waals surface area contributed by atoms with Gasteiger partial charge in [0.2, 0.25) is 0 Å². The number of rotatable bonds is 9. The highest BCUT2D eigenvalue weighted by molar-refractivity contribution is 5.92. The minimum absolute atomic E-state index is 0.0665. The Morgan fingerprint density at radius 1 is 1.36 bits per heavy atom. The van der Waals surface area contributed by atoms with E-state index in [9.17, 15) is 22.8 Å². The van der Waals surface area contributed by atoms with E-state index in [0.717, 1.165) is 12.1 Å². The highest BCUT2D eigenvalue weighted by Gasteiger charge is 2.31. The summed E-state index contributed by atoms with van der Waals surface area (Å²) >= 11 is 0. The molecule has 0 fully saturated rings. The second-order valence-electron chi connectivity index (χ2n) is 5.47. The average molecular weight is 362 g/mol. The topological polar surface area (TPSA) is 79.7 Å². The third-order valence-corrected chi connectivity index (χ3v) is 3.43. The maximum Gasteiger partial charge on any atom is 0.417 e. The van der Waals surface area contributed by atoms with Crippen LogP contribution in [0.15, 0.2) is 18.3 Å². The fraction of sp³-hybridized carbons (Fsp3) is 0.562. The standard InChI is InChI=1S/C16H21F3N2O4/c1-3-25-8-4-7-21(10-11(2)15(23)24)14(22)13-6-5-12(9-20-13)16(17,18)19/h5-6,9,11H,3-4,7-8,10H2,1-2H3,(H,23,24). The Morgan fingerprint density at radius 2 is 2.04 bits per heavy atom. The van der Waals surface area contributed by atoms with Crippen molar-refractivity contribution >= 4 is 11.9 Å². The van der Waals surface area contributed by atoms with Gasteiger partial charge in [0, 0.05) is 32.5 Å². The van der Waals surface area contributed by atoms with Gasteiger partial charge in [0.15, 0.2) is 0 Å². The summed E-state index contributed by atoms with van der Waals surface area (Å²) in [4.78, 5) is 28.3. The average Bonchev–Trinajstić information content (AvgIpc) is 2.56. The molecule has 1 N–H and O–H groups in total. The highest BCUT2D eigenvalue weighted by atomic mass is 19.4. The number of carbonyl (C=O) groups excluding carboxylic acids is 1. The van der Waals surface area contributed by atoms with Crippen molar-refractivity contribution in [3.63, 3.8) is 0 Å². The monoisotopic (exact) mass is 362 g/mol. The number of carbonyl (C=O) groups is 2. The highest BCUT2D eigenvalue weighted by Crippen LogP contribution is 2.28. The van der Waals surface area contributed by atoms with Crippen LogP contribution < -0.4 is 0 Å². The number of hydrogen-bond acceptors (Lipinski definition) is 4. The minimum Gasteiger partial charge on any atom is -0.481 e. The molecule has 0 saturated heterocycles. The Kier molecular flexibility index (Phi) is 7.82. The van der Waals surface area contributed by atoms with Crippen molar-refractivity contribution in [2.75, 3.05) is 26.3 Å². The number of halogens is 3. The van der Waals surface area contributed by atoms with E-state index in [4.69, 9.17) is 9.84 Å². The number of ether oxygens (including phenoxy) is 1. The Bertz CT molecular complexity index is 576. The molecule has 1 atom stereocenters. The summed E-state index contributed by atoms with van der Waals surface area (Å²) in [5, 5.41) is 9.02. The smallest absolute Gasteiger partial charge is 0.417 e. The number of pyridine rings is 1. The lowest BCUT2D eigenvalue weighted by Gasteiger charge is -2.24. The molecule has 6 nitrogen and oxygen atoms in total. The Labute approximate surface area is 143 Å². The molecular weight excluding hydrogens is 341 g/mol. The van der Waals surface area contributed by atoms with Gasteiger partial charge >= 0.3 is 12.1 Å². The Balaban J connectivity index is 2.87. The van der Waals surface area contributed by atoms with E-state index in [1.165, 1.54) is 11.8 Å². The van der Waals surface area contributed by atoms with Crippen LogP contribution in [-0.2, 0) is 15.7 Å². The van der Waals surface area contributed by atoms with E-state index >= 15 is 0 Å². The molecule has 0 aliphatic heterocycles. The largest absolute Gasteiger partial charge is 0.481 e. The van der Waals surface area contributed by atoms with Crippen LogP contribution in [0, 0.1) is 5.92 Å². The lowest BCUT2D eigenvalue weighted by Crippen LogP contribution is -2.38. The molecule has 1 rings (SSSR count). The Morgan fingerprint density at radius 3 is 2.52 bits per heavy atom. The molecule has 0 aliphatic carbocycles. The van der Waals surface area contributed by atoms with E-state index < -0.39 is 29.5 Å². The third-order valence-electron chi connectivity index (χ3n) is 3.43. The van der Waals surface area contributed by atoms with Crippen LogP contribution in [0.2, 0.25) is 0 Å². The lowest BCUT2D eigenvalue weighted by atomic mass is 10.1. The predicted octanol–water partition coefficient (Wildman–Crippen LogP) is 2.69. The Hall–Kier alpha value is -2.16.